The van der Waals surface area contributed by atoms with Gasteiger partial charge in [-0.1, -0.05) is 26.0 Å². The summed E-state index contributed by atoms with van der Waals surface area (Å²) in [5.74, 6) is -1.19. The number of halogens is 1. The molecule has 0 radical (unpaired) electrons. The lowest BCUT2D eigenvalue weighted by atomic mass is 9.68. The van der Waals surface area contributed by atoms with Gasteiger partial charge >= 0.3 is 7.12 Å². The summed E-state index contributed by atoms with van der Waals surface area (Å²) >= 11 is 0. The van der Waals surface area contributed by atoms with Gasteiger partial charge in [-0.2, -0.15) is 0 Å². The highest BCUT2D eigenvalue weighted by Gasteiger charge is 2.47. The summed E-state index contributed by atoms with van der Waals surface area (Å²) in [6.07, 6.45) is 0.509. The first-order chi connectivity index (χ1) is 13.0. The average molecular weight is 390 g/mol. The van der Waals surface area contributed by atoms with Crippen LogP contribution in [-0.4, -0.2) is 43.7 Å². The van der Waals surface area contributed by atoms with Crippen LogP contribution in [0.15, 0.2) is 18.2 Å². The van der Waals surface area contributed by atoms with Crippen LogP contribution in [0.5, 0.6) is 0 Å². The number of carbonyl (C=O) groups excluding carboxylic acids is 2. The summed E-state index contributed by atoms with van der Waals surface area (Å²) in [5.41, 5.74) is 0.286. The lowest BCUT2D eigenvalue weighted by Crippen LogP contribution is -2.58. The van der Waals surface area contributed by atoms with Crippen LogP contribution in [-0.2, 0) is 18.9 Å². The quantitative estimate of drug-likeness (QED) is 0.764. The predicted octanol–water partition coefficient (Wildman–Crippen LogP) is 1.48. The molecule has 8 heteroatoms. The van der Waals surface area contributed by atoms with Gasteiger partial charge in [0.1, 0.15) is 5.82 Å². The van der Waals surface area contributed by atoms with E-state index in [-0.39, 0.29) is 23.3 Å². The summed E-state index contributed by atoms with van der Waals surface area (Å²) < 4.78 is 26.7. The summed E-state index contributed by atoms with van der Waals surface area (Å²) in [7, 11) is -0.776. The molecule has 0 saturated carbocycles. The van der Waals surface area contributed by atoms with Gasteiger partial charge < -0.3 is 19.9 Å². The maximum Gasteiger partial charge on any atom is 0.497 e. The Labute approximate surface area is 165 Å². The molecule has 2 fully saturated rings. The summed E-state index contributed by atoms with van der Waals surface area (Å²) in [4.78, 5) is 23.3. The van der Waals surface area contributed by atoms with Crippen molar-refractivity contribution in [2.24, 2.45) is 5.41 Å². The molecule has 3 rings (SSSR count). The van der Waals surface area contributed by atoms with Crippen molar-refractivity contribution in [1.82, 2.24) is 10.6 Å². The van der Waals surface area contributed by atoms with Crippen LogP contribution in [0.4, 0.5) is 4.39 Å². The second-order valence-electron chi connectivity index (χ2n) is 8.87. The highest BCUT2D eigenvalue weighted by molar-refractivity contribution is 6.61. The summed E-state index contributed by atoms with van der Waals surface area (Å²) in [5, 5.41) is 5.55. The van der Waals surface area contributed by atoms with Crippen LogP contribution in [0.2, 0.25) is 0 Å². The number of carbonyl (C=O) groups is 2. The molecular formula is C20H28BFN2O4. The first kappa shape index (κ1) is 20.8. The van der Waals surface area contributed by atoms with Crippen LogP contribution in [0.25, 0.3) is 0 Å². The number of nitrogens with one attached hydrogen (secondary N) is 2. The molecule has 0 bridgehead atoms. The maximum atomic E-state index is 14.9. The van der Waals surface area contributed by atoms with E-state index >= 15 is 0 Å². The predicted molar refractivity (Wildman–Crippen MR) is 105 cm³/mol. The van der Waals surface area contributed by atoms with E-state index in [1.807, 2.05) is 13.8 Å². The second-order valence-corrected chi connectivity index (χ2v) is 8.87. The fourth-order valence-corrected chi connectivity index (χ4v) is 3.46. The molecular weight excluding hydrogens is 362 g/mol. The van der Waals surface area contributed by atoms with E-state index in [4.69, 9.17) is 9.31 Å². The zero-order valence-corrected chi connectivity index (χ0v) is 17.1. The van der Waals surface area contributed by atoms with E-state index in [9.17, 15) is 14.0 Å². The molecule has 0 spiro atoms. The highest BCUT2D eigenvalue weighted by Crippen LogP contribution is 2.38. The Kier molecular flexibility index (Phi) is 5.56. The van der Waals surface area contributed by atoms with Crippen LogP contribution >= 0.6 is 0 Å². The average Bonchev–Trinajstić information content (AvgIpc) is 2.96. The third kappa shape index (κ3) is 4.08. The van der Waals surface area contributed by atoms with Crippen LogP contribution < -0.4 is 16.1 Å². The SMILES string of the molecule is CC(=O)NC[C@@H]1C[C@@H](c2ccc(B3OCC(C)(C)C(C)(C)O3)c(F)c2)C(=O)N1. The minimum atomic E-state index is -0.776. The van der Waals surface area contributed by atoms with Gasteiger partial charge in [0.05, 0.1) is 11.5 Å². The Morgan fingerprint density at radius 1 is 1.36 bits per heavy atom. The van der Waals surface area contributed by atoms with Crippen molar-refractivity contribution in [1.29, 1.82) is 0 Å². The van der Waals surface area contributed by atoms with Crippen molar-refractivity contribution in [2.75, 3.05) is 13.2 Å². The Morgan fingerprint density at radius 3 is 2.68 bits per heavy atom. The molecule has 0 aliphatic carbocycles. The van der Waals surface area contributed by atoms with E-state index in [0.29, 0.717) is 30.6 Å². The van der Waals surface area contributed by atoms with Crippen molar-refractivity contribution in [3.8, 4) is 0 Å². The summed E-state index contributed by atoms with van der Waals surface area (Å²) in [6, 6.07) is 4.62. The molecule has 0 aromatic heterocycles. The number of hydrogen-bond acceptors (Lipinski definition) is 4. The molecule has 2 atom stereocenters. The Hall–Kier alpha value is -1.93. The van der Waals surface area contributed by atoms with Crippen molar-refractivity contribution >= 4 is 24.4 Å². The molecule has 2 N–H and O–H groups in total. The molecule has 1 aromatic carbocycles. The Bertz CT molecular complexity index is 783. The zero-order chi connectivity index (χ0) is 20.7. The van der Waals surface area contributed by atoms with Crippen molar-refractivity contribution in [2.45, 2.75) is 58.6 Å². The first-order valence-electron chi connectivity index (χ1n) is 9.64. The van der Waals surface area contributed by atoms with Gasteiger partial charge in [-0.05, 0) is 31.9 Å². The van der Waals surface area contributed by atoms with E-state index in [1.54, 1.807) is 12.1 Å². The highest BCUT2D eigenvalue weighted by atomic mass is 19.1. The second kappa shape index (κ2) is 7.48. The zero-order valence-electron chi connectivity index (χ0n) is 17.1. The van der Waals surface area contributed by atoms with Crippen LogP contribution in [0, 0.1) is 11.2 Å². The fourth-order valence-electron chi connectivity index (χ4n) is 3.46. The van der Waals surface area contributed by atoms with Crippen molar-refractivity contribution < 1.29 is 23.3 Å². The minimum absolute atomic E-state index is 0.147. The largest absolute Gasteiger partial charge is 0.497 e. The normalized spacial score (nSPS) is 26.1. The van der Waals surface area contributed by atoms with Crippen molar-refractivity contribution in [3.05, 3.63) is 29.6 Å². The number of rotatable bonds is 4. The van der Waals surface area contributed by atoms with Gasteiger partial charge in [0, 0.05) is 37.0 Å². The molecule has 2 saturated heterocycles. The number of amides is 2. The third-order valence-corrected chi connectivity index (χ3v) is 6.09. The molecule has 2 amide bonds. The topological polar surface area (TPSA) is 76.7 Å². The van der Waals surface area contributed by atoms with Gasteiger partial charge in [-0.15, -0.1) is 0 Å². The lowest BCUT2D eigenvalue weighted by molar-refractivity contribution is -0.121. The van der Waals surface area contributed by atoms with Crippen LogP contribution in [0.1, 0.15) is 52.5 Å². The molecule has 2 aliphatic rings. The van der Waals surface area contributed by atoms with E-state index in [1.165, 1.54) is 13.0 Å². The maximum absolute atomic E-state index is 14.9. The Morgan fingerprint density at radius 2 is 2.07 bits per heavy atom. The van der Waals surface area contributed by atoms with Gasteiger partial charge in [-0.25, -0.2) is 4.39 Å². The van der Waals surface area contributed by atoms with E-state index in [0.717, 1.165) is 0 Å². The van der Waals surface area contributed by atoms with E-state index in [2.05, 4.69) is 24.5 Å². The van der Waals surface area contributed by atoms with Gasteiger partial charge in [0.25, 0.3) is 0 Å². The molecule has 2 heterocycles. The van der Waals surface area contributed by atoms with Gasteiger partial charge in [0.15, 0.2) is 0 Å². The van der Waals surface area contributed by atoms with Gasteiger partial charge in [-0.3, -0.25) is 9.59 Å². The van der Waals surface area contributed by atoms with E-state index < -0.39 is 24.5 Å². The minimum Gasteiger partial charge on any atom is -0.407 e. The van der Waals surface area contributed by atoms with Gasteiger partial charge in [0.2, 0.25) is 11.8 Å². The molecule has 28 heavy (non-hydrogen) atoms. The Balaban J connectivity index is 1.73. The molecule has 152 valence electrons. The monoisotopic (exact) mass is 390 g/mol. The third-order valence-electron chi connectivity index (χ3n) is 6.09. The fraction of sp³-hybridized carbons (Fsp3) is 0.600. The number of hydrogen-bond donors (Lipinski definition) is 2. The summed E-state index contributed by atoms with van der Waals surface area (Å²) in [6.45, 7) is 10.3. The molecule has 2 aliphatic heterocycles. The molecule has 6 nitrogen and oxygen atoms in total. The number of benzene rings is 1. The standard InChI is InChI=1S/C20H28BFN2O4/c1-12(25)23-10-14-9-15(18(26)24-14)13-6-7-16(17(22)8-13)21-27-11-19(2,3)20(4,5)28-21/h6-8,14-15H,9-11H2,1-5H3,(H,23,25)(H,24,26)/t14-,15-/m0/s1. The molecule has 0 unspecified atom stereocenters. The lowest BCUT2D eigenvalue weighted by Gasteiger charge is -2.47. The molecule has 1 aromatic rings. The first-order valence-corrected chi connectivity index (χ1v) is 9.64. The van der Waals surface area contributed by atoms with Crippen LogP contribution in [0.3, 0.4) is 0 Å². The van der Waals surface area contributed by atoms with Crippen molar-refractivity contribution in [3.63, 3.8) is 0 Å². The smallest absolute Gasteiger partial charge is 0.407 e.